The van der Waals surface area contributed by atoms with Crippen molar-refractivity contribution in [3.63, 3.8) is 0 Å². The molecule has 2 rings (SSSR count). The predicted octanol–water partition coefficient (Wildman–Crippen LogP) is 4.10. The molecule has 0 aliphatic carbocycles. The molecule has 0 atom stereocenters. The summed E-state index contributed by atoms with van der Waals surface area (Å²) in [7, 11) is 0. The first-order valence-electron chi connectivity index (χ1n) is 5.49. The van der Waals surface area contributed by atoms with Crippen LogP contribution in [0.25, 0.3) is 0 Å². The fourth-order valence-corrected chi connectivity index (χ4v) is 1.90. The molecule has 0 heterocycles. The van der Waals surface area contributed by atoms with Gasteiger partial charge in [0.25, 0.3) is 0 Å². The molecular weight excluding hydrogens is 270 g/mol. The Kier molecular flexibility index (Phi) is 3.98. The highest BCUT2D eigenvalue weighted by atomic mass is 35.5. The van der Waals surface area contributed by atoms with Crippen molar-refractivity contribution in [1.29, 1.82) is 5.26 Å². The quantitative estimate of drug-likeness (QED) is 0.917. The minimum Gasteiger partial charge on any atom is -0.380 e. The molecule has 0 unspecified atom stereocenters. The average molecular weight is 279 g/mol. The summed E-state index contributed by atoms with van der Waals surface area (Å²) in [5, 5.41) is 12.0. The molecular formula is C14H9ClF2N2. The normalized spacial score (nSPS) is 10.0. The Bertz CT molecular complexity index is 630. The molecule has 0 aliphatic heterocycles. The van der Waals surface area contributed by atoms with Crippen molar-refractivity contribution in [3.05, 3.63) is 64.2 Å². The van der Waals surface area contributed by atoms with Crippen LogP contribution in [0.5, 0.6) is 0 Å². The second-order valence-electron chi connectivity index (χ2n) is 3.83. The lowest BCUT2D eigenvalue weighted by Crippen LogP contribution is -2.05. The topological polar surface area (TPSA) is 35.8 Å². The molecule has 0 aromatic heterocycles. The van der Waals surface area contributed by atoms with Crippen LogP contribution in [-0.2, 0) is 6.54 Å². The Morgan fingerprint density at radius 1 is 1.11 bits per heavy atom. The van der Waals surface area contributed by atoms with Crippen molar-refractivity contribution in [2.75, 3.05) is 5.32 Å². The summed E-state index contributed by atoms with van der Waals surface area (Å²) >= 11 is 5.88. The maximum Gasteiger partial charge on any atom is 0.143 e. The third-order valence-corrected chi connectivity index (χ3v) is 3.00. The first-order chi connectivity index (χ1) is 9.13. The number of nitriles is 1. The Morgan fingerprint density at radius 2 is 1.79 bits per heavy atom. The standard InChI is InChI=1S/C14H9ClF2N2/c15-11-3-1-4-13(17)10(11)8-19-14-6-2-5-12(16)9(14)7-18/h1-6,19H,8H2. The first kappa shape index (κ1) is 13.3. The molecule has 2 aromatic rings. The van der Waals surface area contributed by atoms with Crippen LogP contribution in [0.2, 0.25) is 5.02 Å². The van der Waals surface area contributed by atoms with E-state index in [9.17, 15) is 8.78 Å². The van der Waals surface area contributed by atoms with Gasteiger partial charge in [0.2, 0.25) is 0 Å². The van der Waals surface area contributed by atoms with Gasteiger partial charge in [-0.05, 0) is 24.3 Å². The molecule has 0 fully saturated rings. The Balaban J connectivity index is 2.25. The van der Waals surface area contributed by atoms with Crippen LogP contribution >= 0.6 is 11.6 Å². The van der Waals surface area contributed by atoms with Gasteiger partial charge >= 0.3 is 0 Å². The van der Waals surface area contributed by atoms with Gasteiger partial charge in [0.15, 0.2) is 0 Å². The molecule has 0 spiro atoms. The zero-order chi connectivity index (χ0) is 13.8. The van der Waals surface area contributed by atoms with Crippen LogP contribution in [0.15, 0.2) is 36.4 Å². The molecule has 0 amide bonds. The minimum absolute atomic E-state index is 0.0731. The van der Waals surface area contributed by atoms with Crippen LogP contribution in [0.4, 0.5) is 14.5 Å². The molecule has 5 heteroatoms. The summed E-state index contributed by atoms with van der Waals surface area (Å²) in [6.07, 6.45) is 0. The van der Waals surface area contributed by atoms with Crippen molar-refractivity contribution < 1.29 is 8.78 Å². The van der Waals surface area contributed by atoms with Gasteiger partial charge in [0.1, 0.15) is 23.3 Å². The lowest BCUT2D eigenvalue weighted by molar-refractivity contribution is 0.612. The molecule has 2 aromatic carbocycles. The van der Waals surface area contributed by atoms with E-state index in [1.165, 1.54) is 24.3 Å². The van der Waals surface area contributed by atoms with Crippen molar-refractivity contribution in [2.24, 2.45) is 0 Å². The largest absolute Gasteiger partial charge is 0.380 e. The van der Waals surface area contributed by atoms with Gasteiger partial charge in [0, 0.05) is 17.1 Å². The third kappa shape index (κ3) is 2.83. The van der Waals surface area contributed by atoms with Crippen molar-refractivity contribution >= 4 is 17.3 Å². The van der Waals surface area contributed by atoms with Crippen molar-refractivity contribution in [2.45, 2.75) is 6.54 Å². The first-order valence-corrected chi connectivity index (χ1v) is 5.86. The molecule has 96 valence electrons. The molecule has 19 heavy (non-hydrogen) atoms. The molecule has 1 N–H and O–H groups in total. The summed E-state index contributed by atoms with van der Waals surface area (Å²) in [4.78, 5) is 0. The van der Waals surface area contributed by atoms with Gasteiger partial charge in [-0.25, -0.2) is 8.78 Å². The van der Waals surface area contributed by atoms with E-state index in [0.29, 0.717) is 5.69 Å². The summed E-state index contributed by atoms with van der Waals surface area (Å²) in [5.41, 5.74) is 0.481. The number of hydrogen-bond donors (Lipinski definition) is 1. The van der Waals surface area contributed by atoms with Crippen molar-refractivity contribution in [3.8, 4) is 6.07 Å². The van der Waals surface area contributed by atoms with Crippen LogP contribution < -0.4 is 5.32 Å². The molecule has 2 nitrogen and oxygen atoms in total. The van der Waals surface area contributed by atoms with E-state index in [2.05, 4.69) is 5.32 Å². The van der Waals surface area contributed by atoms with Gasteiger partial charge in [-0.1, -0.05) is 23.7 Å². The van der Waals surface area contributed by atoms with E-state index in [-0.39, 0.29) is 22.7 Å². The molecule has 0 saturated carbocycles. The van der Waals surface area contributed by atoms with E-state index in [0.717, 1.165) is 0 Å². The van der Waals surface area contributed by atoms with Gasteiger partial charge in [-0.15, -0.1) is 0 Å². The maximum absolute atomic E-state index is 13.6. The second-order valence-corrected chi connectivity index (χ2v) is 4.24. The van der Waals surface area contributed by atoms with E-state index < -0.39 is 11.6 Å². The fraction of sp³-hybridized carbons (Fsp3) is 0.0714. The second kappa shape index (κ2) is 5.68. The highest BCUT2D eigenvalue weighted by Crippen LogP contribution is 2.22. The molecule has 0 saturated heterocycles. The number of rotatable bonds is 3. The van der Waals surface area contributed by atoms with Crippen LogP contribution in [-0.4, -0.2) is 0 Å². The maximum atomic E-state index is 13.6. The number of halogens is 3. The third-order valence-electron chi connectivity index (χ3n) is 2.64. The van der Waals surface area contributed by atoms with Crippen molar-refractivity contribution in [1.82, 2.24) is 0 Å². The highest BCUT2D eigenvalue weighted by molar-refractivity contribution is 6.31. The van der Waals surface area contributed by atoms with E-state index in [1.807, 2.05) is 0 Å². The van der Waals surface area contributed by atoms with Crippen LogP contribution in [0, 0.1) is 23.0 Å². The predicted molar refractivity (Wildman–Crippen MR) is 69.9 cm³/mol. The highest BCUT2D eigenvalue weighted by Gasteiger charge is 2.10. The Morgan fingerprint density at radius 3 is 2.47 bits per heavy atom. The minimum atomic E-state index is -0.618. The van der Waals surface area contributed by atoms with E-state index in [1.54, 1.807) is 18.2 Å². The van der Waals surface area contributed by atoms with Crippen LogP contribution in [0.3, 0.4) is 0 Å². The molecule has 0 aliphatic rings. The summed E-state index contributed by atoms with van der Waals surface area (Å²) in [6.45, 7) is 0.0731. The SMILES string of the molecule is N#Cc1c(F)cccc1NCc1c(F)cccc1Cl. The lowest BCUT2D eigenvalue weighted by Gasteiger charge is -2.10. The van der Waals surface area contributed by atoms with Gasteiger partial charge in [-0.3, -0.25) is 0 Å². The average Bonchev–Trinajstić information content (AvgIpc) is 2.38. The number of anilines is 1. The van der Waals surface area contributed by atoms with Crippen LogP contribution in [0.1, 0.15) is 11.1 Å². The monoisotopic (exact) mass is 278 g/mol. The van der Waals surface area contributed by atoms with Gasteiger partial charge < -0.3 is 5.32 Å². The summed E-state index contributed by atoms with van der Waals surface area (Å²) in [5.74, 6) is -1.07. The summed E-state index contributed by atoms with van der Waals surface area (Å²) < 4.78 is 26.9. The molecule has 0 bridgehead atoms. The van der Waals surface area contributed by atoms with Gasteiger partial charge in [0.05, 0.1) is 5.69 Å². The number of nitrogens with one attached hydrogen (secondary N) is 1. The van der Waals surface area contributed by atoms with Gasteiger partial charge in [-0.2, -0.15) is 5.26 Å². The zero-order valence-electron chi connectivity index (χ0n) is 9.75. The van der Waals surface area contributed by atoms with E-state index in [4.69, 9.17) is 16.9 Å². The smallest absolute Gasteiger partial charge is 0.143 e. The number of nitrogens with zero attached hydrogens (tertiary/aromatic N) is 1. The number of hydrogen-bond acceptors (Lipinski definition) is 2. The number of benzene rings is 2. The molecule has 0 radical (unpaired) electrons. The lowest BCUT2D eigenvalue weighted by atomic mass is 10.1. The summed E-state index contributed by atoms with van der Waals surface area (Å²) in [6, 6.07) is 10.3. The zero-order valence-corrected chi connectivity index (χ0v) is 10.5. The Hall–Kier alpha value is -2.12. The Labute approximate surface area is 114 Å². The fourth-order valence-electron chi connectivity index (χ4n) is 1.67. The van der Waals surface area contributed by atoms with E-state index >= 15 is 0 Å².